The van der Waals surface area contributed by atoms with Gasteiger partial charge in [0.2, 0.25) is 10.0 Å². The fraction of sp³-hybridized carbons (Fsp3) is 0.533. The molecule has 0 aliphatic heterocycles. The summed E-state index contributed by atoms with van der Waals surface area (Å²) >= 11 is 0. The van der Waals surface area contributed by atoms with E-state index in [-0.39, 0.29) is 17.9 Å². The molecule has 0 bridgehead atoms. The van der Waals surface area contributed by atoms with Crippen LogP contribution >= 0.6 is 0 Å². The Hall–Kier alpha value is -1.40. The maximum atomic E-state index is 12.7. The van der Waals surface area contributed by atoms with Gasteiger partial charge in [-0.1, -0.05) is 6.07 Å². The molecule has 2 rings (SSSR count). The van der Waals surface area contributed by atoms with E-state index in [4.69, 9.17) is 5.11 Å². The van der Waals surface area contributed by atoms with Crippen molar-refractivity contribution in [2.75, 3.05) is 13.1 Å². The standard InChI is InChI=1S/C15H21NO4S/c1-11-3-6-14(9-12(11)2)21(19,20)16(8-7-15(17)18)10-13-4-5-13/h3,6,9,13H,4-5,7-8,10H2,1-2H3,(H,17,18). The molecule has 0 spiro atoms. The van der Waals surface area contributed by atoms with Crippen LogP contribution in [0.4, 0.5) is 0 Å². The van der Waals surface area contributed by atoms with Gasteiger partial charge in [-0.2, -0.15) is 4.31 Å². The van der Waals surface area contributed by atoms with Crippen LogP contribution in [0.2, 0.25) is 0 Å². The fourth-order valence-corrected chi connectivity index (χ4v) is 3.74. The second-order valence-corrected chi connectivity index (χ2v) is 7.63. The van der Waals surface area contributed by atoms with Gasteiger partial charge in [-0.05, 0) is 55.9 Å². The molecule has 0 heterocycles. The molecule has 0 aromatic heterocycles. The highest BCUT2D eigenvalue weighted by Crippen LogP contribution is 2.32. The minimum absolute atomic E-state index is 0.0289. The molecule has 0 atom stereocenters. The van der Waals surface area contributed by atoms with Crippen LogP contribution < -0.4 is 0 Å². The molecule has 1 aliphatic carbocycles. The van der Waals surface area contributed by atoms with E-state index in [2.05, 4.69) is 0 Å². The summed E-state index contributed by atoms with van der Waals surface area (Å²) in [6.45, 7) is 4.25. The van der Waals surface area contributed by atoms with E-state index in [1.165, 1.54) is 4.31 Å². The van der Waals surface area contributed by atoms with Crippen LogP contribution in [0, 0.1) is 19.8 Å². The monoisotopic (exact) mass is 311 g/mol. The van der Waals surface area contributed by atoms with Gasteiger partial charge in [0.15, 0.2) is 0 Å². The predicted octanol–water partition coefficient (Wildman–Crippen LogP) is 2.18. The maximum Gasteiger partial charge on any atom is 0.304 e. The number of sulfonamides is 1. The van der Waals surface area contributed by atoms with Crippen molar-refractivity contribution in [1.82, 2.24) is 4.31 Å². The molecule has 1 N–H and O–H groups in total. The Morgan fingerprint density at radius 3 is 2.48 bits per heavy atom. The third kappa shape index (κ3) is 4.04. The smallest absolute Gasteiger partial charge is 0.304 e. The molecule has 1 aliphatic rings. The van der Waals surface area contributed by atoms with Crippen LogP contribution in [0.1, 0.15) is 30.4 Å². The number of hydrogen-bond donors (Lipinski definition) is 1. The lowest BCUT2D eigenvalue weighted by atomic mass is 10.1. The maximum absolute atomic E-state index is 12.7. The molecule has 0 unspecified atom stereocenters. The molecular weight excluding hydrogens is 290 g/mol. The zero-order valence-corrected chi connectivity index (χ0v) is 13.2. The number of rotatable bonds is 7. The van der Waals surface area contributed by atoms with E-state index in [0.717, 1.165) is 24.0 Å². The third-order valence-electron chi connectivity index (χ3n) is 3.85. The van der Waals surface area contributed by atoms with Crippen LogP contribution in [0.3, 0.4) is 0 Å². The van der Waals surface area contributed by atoms with Crippen molar-refractivity contribution >= 4 is 16.0 Å². The van der Waals surface area contributed by atoms with Crippen molar-refractivity contribution in [3.8, 4) is 0 Å². The fourth-order valence-electron chi connectivity index (χ4n) is 2.14. The van der Waals surface area contributed by atoms with E-state index in [1.807, 2.05) is 13.8 Å². The Kier molecular flexibility index (Phi) is 4.68. The van der Waals surface area contributed by atoms with Crippen LogP contribution in [0.15, 0.2) is 23.1 Å². The summed E-state index contributed by atoms with van der Waals surface area (Å²) in [5.74, 6) is -0.605. The van der Waals surface area contributed by atoms with Crippen LogP contribution in [0.5, 0.6) is 0 Å². The number of hydrogen-bond acceptors (Lipinski definition) is 3. The normalized spacial score (nSPS) is 15.4. The quantitative estimate of drug-likeness (QED) is 0.837. The largest absolute Gasteiger partial charge is 0.481 e. The summed E-state index contributed by atoms with van der Waals surface area (Å²) < 4.78 is 26.7. The van der Waals surface area contributed by atoms with Gasteiger partial charge in [0.05, 0.1) is 11.3 Å². The van der Waals surface area contributed by atoms with E-state index in [9.17, 15) is 13.2 Å². The Labute approximate surface area is 125 Å². The highest BCUT2D eigenvalue weighted by atomic mass is 32.2. The van der Waals surface area contributed by atoms with Gasteiger partial charge < -0.3 is 5.11 Å². The number of aliphatic carboxylic acids is 1. The highest BCUT2D eigenvalue weighted by molar-refractivity contribution is 7.89. The SMILES string of the molecule is Cc1ccc(S(=O)(=O)N(CCC(=O)O)CC2CC2)cc1C. The second kappa shape index (κ2) is 6.15. The Morgan fingerprint density at radius 2 is 1.95 bits per heavy atom. The van der Waals surface area contributed by atoms with Gasteiger partial charge in [0.1, 0.15) is 0 Å². The van der Waals surface area contributed by atoms with E-state index in [0.29, 0.717) is 12.5 Å². The number of carboxylic acid groups (broad SMARTS) is 1. The lowest BCUT2D eigenvalue weighted by Gasteiger charge is -2.22. The molecule has 1 saturated carbocycles. The lowest BCUT2D eigenvalue weighted by Crippen LogP contribution is -2.34. The number of benzene rings is 1. The molecule has 1 aromatic rings. The predicted molar refractivity (Wildman–Crippen MR) is 79.7 cm³/mol. The number of aryl methyl sites for hydroxylation is 2. The Bertz CT molecular complexity index is 635. The lowest BCUT2D eigenvalue weighted by molar-refractivity contribution is -0.137. The first-order chi connectivity index (χ1) is 9.80. The topological polar surface area (TPSA) is 74.7 Å². The second-order valence-electron chi connectivity index (χ2n) is 5.70. The average molecular weight is 311 g/mol. The summed E-state index contributed by atoms with van der Waals surface area (Å²) in [6, 6.07) is 5.04. The van der Waals surface area contributed by atoms with Crippen LogP contribution in [-0.4, -0.2) is 36.9 Å². The van der Waals surface area contributed by atoms with Crippen molar-refractivity contribution in [2.24, 2.45) is 5.92 Å². The minimum Gasteiger partial charge on any atom is -0.481 e. The zero-order chi connectivity index (χ0) is 15.6. The van der Waals surface area contributed by atoms with E-state index >= 15 is 0 Å². The zero-order valence-electron chi connectivity index (χ0n) is 12.4. The Balaban J connectivity index is 2.25. The van der Waals surface area contributed by atoms with Crippen molar-refractivity contribution in [3.63, 3.8) is 0 Å². The number of carboxylic acids is 1. The first-order valence-electron chi connectivity index (χ1n) is 7.10. The molecule has 5 nitrogen and oxygen atoms in total. The summed E-state index contributed by atoms with van der Waals surface area (Å²) in [5, 5.41) is 8.81. The molecule has 0 amide bonds. The third-order valence-corrected chi connectivity index (χ3v) is 5.71. The van der Waals surface area contributed by atoms with Crippen LogP contribution in [0.25, 0.3) is 0 Å². The van der Waals surface area contributed by atoms with Gasteiger partial charge in [0.25, 0.3) is 0 Å². The summed E-state index contributed by atoms with van der Waals surface area (Å²) in [6.07, 6.45) is 1.87. The number of nitrogens with zero attached hydrogens (tertiary/aromatic N) is 1. The molecule has 6 heteroatoms. The summed E-state index contributed by atoms with van der Waals surface area (Å²) in [7, 11) is -3.62. The highest BCUT2D eigenvalue weighted by Gasteiger charge is 2.31. The van der Waals surface area contributed by atoms with E-state index in [1.54, 1.807) is 18.2 Å². The molecule has 1 aromatic carbocycles. The molecular formula is C15H21NO4S. The molecule has 0 saturated heterocycles. The average Bonchev–Trinajstić information content (AvgIpc) is 3.21. The van der Waals surface area contributed by atoms with Crippen molar-refractivity contribution in [1.29, 1.82) is 0 Å². The van der Waals surface area contributed by atoms with Gasteiger partial charge in [0, 0.05) is 13.1 Å². The minimum atomic E-state index is -3.62. The first-order valence-corrected chi connectivity index (χ1v) is 8.54. The van der Waals surface area contributed by atoms with E-state index < -0.39 is 16.0 Å². The van der Waals surface area contributed by atoms with Gasteiger partial charge in [-0.15, -0.1) is 0 Å². The molecule has 116 valence electrons. The first kappa shape index (κ1) is 16.0. The van der Waals surface area contributed by atoms with Gasteiger partial charge in [-0.3, -0.25) is 4.79 Å². The van der Waals surface area contributed by atoms with Gasteiger partial charge in [-0.25, -0.2) is 8.42 Å². The van der Waals surface area contributed by atoms with Crippen molar-refractivity contribution in [3.05, 3.63) is 29.3 Å². The van der Waals surface area contributed by atoms with Gasteiger partial charge >= 0.3 is 5.97 Å². The van der Waals surface area contributed by atoms with Crippen molar-refractivity contribution < 1.29 is 18.3 Å². The summed E-state index contributed by atoms with van der Waals surface area (Å²) in [5.41, 5.74) is 1.95. The molecule has 21 heavy (non-hydrogen) atoms. The van der Waals surface area contributed by atoms with Crippen LogP contribution in [-0.2, 0) is 14.8 Å². The van der Waals surface area contributed by atoms with Crippen molar-refractivity contribution in [2.45, 2.75) is 38.0 Å². The summed E-state index contributed by atoms with van der Waals surface area (Å²) in [4.78, 5) is 11.0. The number of carbonyl (C=O) groups is 1. The Morgan fingerprint density at radius 1 is 1.29 bits per heavy atom. The molecule has 1 fully saturated rings. The molecule has 0 radical (unpaired) electrons.